The molecule has 0 spiro atoms. The molecule has 6 nitrogen and oxygen atoms in total. The zero-order chi connectivity index (χ0) is 22.3. The van der Waals surface area contributed by atoms with Gasteiger partial charge < -0.3 is 9.47 Å². The molecule has 0 atom stereocenters. The van der Waals surface area contributed by atoms with E-state index in [2.05, 4.69) is 0 Å². The maximum Gasteiger partial charge on any atom is 0.330 e. The molecule has 6 heteroatoms. The summed E-state index contributed by atoms with van der Waals surface area (Å²) in [4.78, 5) is 37.6. The second kappa shape index (κ2) is 9.75. The van der Waals surface area contributed by atoms with Crippen LogP contribution in [0.4, 0.5) is 0 Å². The fourth-order valence-corrected chi connectivity index (χ4v) is 3.31. The van der Waals surface area contributed by atoms with E-state index in [4.69, 9.17) is 9.47 Å². The number of hydrogen-bond acceptors (Lipinski definition) is 5. The van der Waals surface area contributed by atoms with Crippen molar-refractivity contribution in [1.82, 2.24) is 4.90 Å². The van der Waals surface area contributed by atoms with Gasteiger partial charge in [-0.3, -0.25) is 14.5 Å². The molecule has 3 aromatic carbocycles. The van der Waals surface area contributed by atoms with Crippen LogP contribution in [0, 0.1) is 0 Å². The molecule has 0 fully saturated rings. The van der Waals surface area contributed by atoms with Crippen LogP contribution in [0.3, 0.4) is 0 Å². The number of carbonyl (C=O) groups excluding carboxylic acids is 3. The van der Waals surface area contributed by atoms with Crippen molar-refractivity contribution in [1.29, 1.82) is 0 Å². The van der Waals surface area contributed by atoms with Crippen LogP contribution in [0.2, 0.25) is 0 Å². The first kappa shape index (κ1) is 21.1. The number of nitrogens with zero attached hydrogens (tertiary/aromatic N) is 1. The van der Waals surface area contributed by atoms with Crippen LogP contribution in [-0.4, -0.2) is 35.8 Å². The van der Waals surface area contributed by atoms with Gasteiger partial charge in [-0.2, -0.15) is 0 Å². The number of hydrogen-bond donors (Lipinski definition) is 0. The fourth-order valence-electron chi connectivity index (χ4n) is 3.31. The summed E-state index contributed by atoms with van der Waals surface area (Å²) < 4.78 is 10.9. The van der Waals surface area contributed by atoms with Crippen molar-refractivity contribution < 1.29 is 23.9 Å². The largest absolute Gasteiger partial charge is 0.489 e. The smallest absolute Gasteiger partial charge is 0.330 e. The number of rotatable bonds is 8. The normalized spacial score (nSPS) is 12.8. The summed E-state index contributed by atoms with van der Waals surface area (Å²) in [5.74, 6) is -0.556. The van der Waals surface area contributed by atoms with Gasteiger partial charge in [0.1, 0.15) is 19.0 Å². The molecule has 0 aliphatic carbocycles. The van der Waals surface area contributed by atoms with Gasteiger partial charge >= 0.3 is 5.97 Å². The van der Waals surface area contributed by atoms with Crippen molar-refractivity contribution in [2.45, 2.75) is 6.61 Å². The standard InChI is InChI=1S/C26H21NO5/c28-24(31-17-16-27-25(29)22-8-4-5-9-23(22)26(27)30)15-12-19-10-13-21(14-11-19)32-18-20-6-2-1-3-7-20/h1-15H,16-18H2/b15-12+. The van der Waals surface area contributed by atoms with E-state index in [1.807, 2.05) is 54.6 Å². The van der Waals surface area contributed by atoms with Gasteiger partial charge in [0, 0.05) is 6.08 Å². The van der Waals surface area contributed by atoms with E-state index in [0.29, 0.717) is 17.7 Å². The molecule has 1 heterocycles. The molecule has 160 valence electrons. The number of ether oxygens (including phenoxy) is 2. The first-order valence-corrected chi connectivity index (χ1v) is 10.2. The summed E-state index contributed by atoms with van der Waals surface area (Å²) in [6.07, 6.45) is 2.94. The van der Waals surface area contributed by atoms with Crippen LogP contribution in [0.15, 0.2) is 84.9 Å². The van der Waals surface area contributed by atoms with E-state index in [-0.39, 0.29) is 25.0 Å². The van der Waals surface area contributed by atoms with Crippen LogP contribution in [0.5, 0.6) is 5.75 Å². The first-order chi connectivity index (χ1) is 15.6. The minimum atomic E-state index is -0.550. The van der Waals surface area contributed by atoms with Gasteiger partial charge in [0.15, 0.2) is 0 Å². The second-order valence-corrected chi connectivity index (χ2v) is 7.15. The molecular weight excluding hydrogens is 406 g/mol. The molecule has 0 bridgehead atoms. The minimum absolute atomic E-state index is 0.0133. The Morgan fingerprint density at radius 3 is 2.09 bits per heavy atom. The summed E-state index contributed by atoms with van der Waals surface area (Å²) in [7, 11) is 0. The van der Waals surface area contributed by atoms with Crippen molar-refractivity contribution in [3.05, 3.63) is 107 Å². The molecule has 32 heavy (non-hydrogen) atoms. The number of amides is 2. The number of benzene rings is 3. The SMILES string of the molecule is O=C(/C=C/c1ccc(OCc2ccccc2)cc1)OCCN1C(=O)c2ccccc2C1=O. The Balaban J connectivity index is 1.22. The van der Waals surface area contributed by atoms with Gasteiger partial charge in [0.05, 0.1) is 17.7 Å². The van der Waals surface area contributed by atoms with E-state index in [9.17, 15) is 14.4 Å². The lowest BCUT2D eigenvalue weighted by Crippen LogP contribution is -2.33. The van der Waals surface area contributed by atoms with Gasteiger partial charge in [-0.25, -0.2) is 4.79 Å². The quantitative estimate of drug-likeness (QED) is 0.307. The van der Waals surface area contributed by atoms with Crippen LogP contribution < -0.4 is 4.74 Å². The molecule has 0 saturated heterocycles. The summed E-state index contributed by atoms with van der Waals surface area (Å²) in [5.41, 5.74) is 2.65. The molecule has 4 rings (SSSR count). The monoisotopic (exact) mass is 427 g/mol. The maximum absolute atomic E-state index is 12.3. The molecule has 0 saturated carbocycles. The van der Waals surface area contributed by atoms with Gasteiger partial charge in [-0.15, -0.1) is 0 Å². The maximum atomic E-state index is 12.3. The van der Waals surface area contributed by atoms with Crippen LogP contribution in [0.25, 0.3) is 6.08 Å². The Kier molecular flexibility index (Phi) is 6.41. The van der Waals surface area contributed by atoms with Crippen molar-refractivity contribution in [3.63, 3.8) is 0 Å². The Bertz CT molecular complexity index is 1120. The zero-order valence-electron chi connectivity index (χ0n) is 17.3. The second-order valence-electron chi connectivity index (χ2n) is 7.15. The summed E-state index contributed by atoms with van der Waals surface area (Å²) >= 11 is 0. The third-order valence-electron chi connectivity index (χ3n) is 4.98. The number of carbonyl (C=O) groups is 3. The highest BCUT2D eigenvalue weighted by Gasteiger charge is 2.34. The van der Waals surface area contributed by atoms with E-state index < -0.39 is 5.97 Å². The van der Waals surface area contributed by atoms with Gasteiger partial charge in [0.2, 0.25) is 0 Å². The molecule has 3 aromatic rings. The third kappa shape index (κ3) is 4.92. The molecule has 0 N–H and O–H groups in total. The number of imide groups is 1. The van der Waals surface area contributed by atoms with Crippen LogP contribution >= 0.6 is 0 Å². The van der Waals surface area contributed by atoms with Gasteiger partial charge in [0.25, 0.3) is 11.8 Å². The zero-order valence-corrected chi connectivity index (χ0v) is 17.3. The topological polar surface area (TPSA) is 72.9 Å². The predicted octanol–water partition coefficient (Wildman–Crippen LogP) is 4.12. The predicted molar refractivity (Wildman–Crippen MR) is 119 cm³/mol. The summed E-state index contributed by atoms with van der Waals surface area (Å²) in [5, 5.41) is 0. The Morgan fingerprint density at radius 1 is 0.812 bits per heavy atom. The first-order valence-electron chi connectivity index (χ1n) is 10.2. The highest BCUT2D eigenvalue weighted by molar-refractivity contribution is 6.21. The molecule has 0 aromatic heterocycles. The van der Waals surface area contributed by atoms with E-state index in [1.54, 1.807) is 30.3 Å². The summed E-state index contributed by atoms with van der Waals surface area (Å²) in [6, 6.07) is 23.9. The van der Waals surface area contributed by atoms with Gasteiger partial charge in [-0.05, 0) is 41.5 Å². The lowest BCUT2D eigenvalue weighted by atomic mass is 10.1. The minimum Gasteiger partial charge on any atom is -0.489 e. The highest BCUT2D eigenvalue weighted by atomic mass is 16.5. The van der Waals surface area contributed by atoms with Crippen LogP contribution in [-0.2, 0) is 16.1 Å². The van der Waals surface area contributed by atoms with E-state index in [0.717, 1.165) is 21.8 Å². The van der Waals surface area contributed by atoms with Crippen molar-refractivity contribution in [2.75, 3.05) is 13.2 Å². The molecule has 0 radical (unpaired) electrons. The molecule has 1 aliphatic rings. The average molecular weight is 427 g/mol. The van der Waals surface area contributed by atoms with Crippen molar-refractivity contribution >= 4 is 23.9 Å². The lowest BCUT2D eigenvalue weighted by molar-refractivity contribution is -0.137. The molecule has 0 unspecified atom stereocenters. The van der Waals surface area contributed by atoms with E-state index in [1.165, 1.54) is 6.08 Å². The Hall–Kier alpha value is -4.19. The molecule has 1 aliphatic heterocycles. The Morgan fingerprint density at radius 2 is 1.44 bits per heavy atom. The average Bonchev–Trinajstić information content (AvgIpc) is 3.08. The number of fused-ring (bicyclic) bond motifs is 1. The lowest BCUT2D eigenvalue weighted by Gasteiger charge is -2.13. The third-order valence-corrected chi connectivity index (χ3v) is 4.98. The van der Waals surface area contributed by atoms with Crippen LogP contribution in [0.1, 0.15) is 31.8 Å². The molecule has 2 amide bonds. The summed E-state index contributed by atoms with van der Waals surface area (Å²) in [6.45, 7) is 0.426. The van der Waals surface area contributed by atoms with Crippen molar-refractivity contribution in [2.24, 2.45) is 0 Å². The fraction of sp³-hybridized carbons (Fsp3) is 0.115. The molecular formula is C26H21NO5. The van der Waals surface area contributed by atoms with E-state index >= 15 is 0 Å². The van der Waals surface area contributed by atoms with Gasteiger partial charge in [-0.1, -0.05) is 54.6 Å². The van der Waals surface area contributed by atoms with Crippen molar-refractivity contribution in [3.8, 4) is 5.75 Å². The highest BCUT2D eigenvalue weighted by Crippen LogP contribution is 2.22. The Labute approximate surface area is 185 Å². The number of esters is 1.